The Morgan fingerprint density at radius 3 is 2.52 bits per heavy atom. The molecule has 0 amide bonds. The first-order valence-corrected chi connectivity index (χ1v) is 7.15. The van der Waals surface area contributed by atoms with Crippen molar-refractivity contribution in [3.8, 4) is 11.6 Å². The van der Waals surface area contributed by atoms with Gasteiger partial charge in [-0.25, -0.2) is 4.98 Å². The highest BCUT2D eigenvalue weighted by atomic mass is 16.5. The molecule has 2 aromatic carbocycles. The minimum Gasteiger partial charge on any atom is -0.439 e. The first-order valence-electron chi connectivity index (χ1n) is 7.15. The monoisotopic (exact) mass is 278 g/mol. The topological polar surface area (TPSA) is 48.1 Å². The highest BCUT2D eigenvalue weighted by molar-refractivity contribution is 5.82. The van der Waals surface area contributed by atoms with Gasteiger partial charge < -0.3 is 10.5 Å². The van der Waals surface area contributed by atoms with Crippen LogP contribution in [0, 0.1) is 0 Å². The van der Waals surface area contributed by atoms with Gasteiger partial charge in [0, 0.05) is 18.0 Å². The Hall–Kier alpha value is -2.39. The van der Waals surface area contributed by atoms with E-state index in [4.69, 9.17) is 10.5 Å². The molecule has 0 atom stereocenters. The van der Waals surface area contributed by atoms with Crippen molar-refractivity contribution in [2.45, 2.75) is 19.9 Å². The molecule has 2 N–H and O–H groups in total. The number of fused-ring (bicyclic) bond motifs is 1. The van der Waals surface area contributed by atoms with Crippen LogP contribution in [-0.4, -0.2) is 4.98 Å². The fourth-order valence-electron chi connectivity index (χ4n) is 2.36. The number of aromatic nitrogens is 1. The van der Waals surface area contributed by atoms with Gasteiger partial charge in [0.05, 0.1) is 5.52 Å². The van der Waals surface area contributed by atoms with E-state index in [9.17, 15) is 0 Å². The second-order valence-electron chi connectivity index (χ2n) is 4.94. The van der Waals surface area contributed by atoms with E-state index in [0.29, 0.717) is 12.4 Å². The van der Waals surface area contributed by atoms with E-state index in [0.717, 1.165) is 28.6 Å². The van der Waals surface area contributed by atoms with Crippen LogP contribution in [0.5, 0.6) is 11.6 Å². The molecule has 21 heavy (non-hydrogen) atoms. The molecule has 3 aromatic rings. The van der Waals surface area contributed by atoms with Gasteiger partial charge in [-0.15, -0.1) is 0 Å². The maximum absolute atomic E-state index is 5.86. The van der Waals surface area contributed by atoms with E-state index in [-0.39, 0.29) is 0 Å². The molecule has 0 saturated heterocycles. The van der Waals surface area contributed by atoms with Crippen molar-refractivity contribution in [3.05, 3.63) is 65.7 Å². The molecule has 0 bridgehead atoms. The van der Waals surface area contributed by atoms with Gasteiger partial charge in [-0.3, -0.25) is 0 Å². The van der Waals surface area contributed by atoms with E-state index >= 15 is 0 Å². The third kappa shape index (κ3) is 2.88. The smallest absolute Gasteiger partial charge is 0.220 e. The van der Waals surface area contributed by atoms with Crippen LogP contribution in [0.3, 0.4) is 0 Å². The Kier molecular flexibility index (Phi) is 3.84. The van der Waals surface area contributed by atoms with E-state index < -0.39 is 0 Å². The maximum Gasteiger partial charge on any atom is 0.220 e. The molecule has 0 aliphatic carbocycles. The van der Waals surface area contributed by atoms with Crippen molar-refractivity contribution in [2.24, 2.45) is 5.73 Å². The first kappa shape index (κ1) is 13.6. The van der Waals surface area contributed by atoms with Crippen LogP contribution in [0.1, 0.15) is 18.1 Å². The predicted molar refractivity (Wildman–Crippen MR) is 85.5 cm³/mol. The zero-order valence-electron chi connectivity index (χ0n) is 12.0. The molecule has 1 heterocycles. The number of nitrogens with zero attached hydrogens (tertiary/aromatic N) is 1. The molecule has 0 fully saturated rings. The third-order valence-corrected chi connectivity index (χ3v) is 3.55. The van der Waals surface area contributed by atoms with Gasteiger partial charge in [-0.05, 0) is 35.7 Å². The molecule has 0 radical (unpaired) electrons. The summed E-state index contributed by atoms with van der Waals surface area (Å²) < 4.78 is 5.86. The lowest BCUT2D eigenvalue weighted by Gasteiger charge is -2.09. The van der Waals surface area contributed by atoms with Crippen LogP contribution in [0.15, 0.2) is 54.6 Å². The summed E-state index contributed by atoms with van der Waals surface area (Å²) in [4.78, 5) is 4.54. The van der Waals surface area contributed by atoms with Crippen molar-refractivity contribution in [2.75, 3.05) is 0 Å². The standard InChI is InChI=1S/C18H18N2O/c1-2-13-7-9-15(10-8-13)21-18-11-14(12-19)16-5-3-4-6-17(16)20-18/h3-11H,2,12,19H2,1H3. The molecule has 3 nitrogen and oxygen atoms in total. The van der Waals surface area contributed by atoms with Crippen LogP contribution in [0.25, 0.3) is 10.9 Å². The van der Waals surface area contributed by atoms with E-state index in [1.54, 1.807) is 0 Å². The minimum absolute atomic E-state index is 0.466. The third-order valence-electron chi connectivity index (χ3n) is 3.55. The molecule has 1 aromatic heterocycles. The number of rotatable bonds is 4. The van der Waals surface area contributed by atoms with Crippen LogP contribution < -0.4 is 10.5 Å². The number of aryl methyl sites for hydroxylation is 1. The summed E-state index contributed by atoms with van der Waals surface area (Å²) in [5.41, 5.74) is 9.07. The Balaban J connectivity index is 1.96. The minimum atomic E-state index is 0.466. The molecule has 0 aliphatic rings. The van der Waals surface area contributed by atoms with Crippen LogP contribution in [0.4, 0.5) is 0 Å². The summed E-state index contributed by atoms with van der Waals surface area (Å²) in [5.74, 6) is 1.37. The quantitative estimate of drug-likeness (QED) is 0.783. The summed E-state index contributed by atoms with van der Waals surface area (Å²) in [7, 11) is 0. The fraction of sp³-hybridized carbons (Fsp3) is 0.167. The lowest BCUT2D eigenvalue weighted by Crippen LogP contribution is -1.99. The second-order valence-corrected chi connectivity index (χ2v) is 4.94. The van der Waals surface area contributed by atoms with Gasteiger partial charge in [0.25, 0.3) is 0 Å². The average molecular weight is 278 g/mol. The molecule has 3 heteroatoms. The molecular weight excluding hydrogens is 260 g/mol. The number of ether oxygens (including phenoxy) is 1. The number of benzene rings is 2. The largest absolute Gasteiger partial charge is 0.439 e. The van der Waals surface area contributed by atoms with Gasteiger partial charge in [0.1, 0.15) is 5.75 Å². The van der Waals surface area contributed by atoms with Gasteiger partial charge in [-0.2, -0.15) is 0 Å². The Labute approximate surface area is 124 Å². The zero-order valence-corrected chi connectivity index (χ0v) is 12.0. The summed E-state index contributed by atoms with van der Waals surface area (Å²) >= 11 is 0. The van der Waals surface area contributed by atoms with E-state index in [1.807, 2.05) is 42.5 Å². The SMILES string of the molecule is CCc1ccc(Oc2cc(CN)c3ccccc3n2)cc1. The van der Waals surface area contributed by atoms with E-state index in [1.165, 1.54) is 5.56 Å². The zero-order chi connectivity index (χ0) is 14.7. The first-order chi connectivity index (χ1) is 10.3. The summed E-state index contributed by atoms with van der Waals surface area (Å²) in [5, 5.41) is 1.08. The molecule has 106 valence electrons. The van der Waals surface area contributed by atoms with Gasteiger partial charge in [0.15, 0.2) is 0 Å². The van der Waals surface area contributed by atoms with Crippen molar-refractivity contribution >= 4 is 10.9 Å². The molecule has 0 saturated carbocycles. The van der Waals surface area contributed by atoms with Crippen LogP contribution in [0.2, 0.25) is 0 Å². The van der Waals surface area contributed by atoms with Gasteiger partial charge in [0.2, 0.25) is 5.88 Å². The summed E-state index contributed by atoms with van der Waals surface area (Å²) in [6, 6.07) is 18.0. The number of hydrogen-bond donors (Lipinski definition) is 1. The van der Waals surface area contributed by atoms with Crippen molar-refractivity contribution < 1.29 is 4.74 Å². The molecule has 0 spiro atoms. The molecular formula is C18H18N2O. The predicted octanol–water partition coefficient (Wildman–Crippen LogP) is 4.05. The van der Waals surface area contributed by atoms with Crippen molar-refractivity contribution in [1.29, 1.82) is 0 Å². The number of nitrogens with two attached hydrogens (primary N) is 1. The maximum atomic E-state index is 5.86. The second kappa shape index (κ2) is 5.94. The number of hydrogen-bond acceptors (Lipinski definition) is 3. The highest BCUT2D eigenvalue weighted by Crippen LogP contribution is 2.25. The molecule has 3 rings (SSSR count). The average Bonchev–Trinajstić information content (AvgIpc) is 2.55. The fourth-order valence-corrected chi connectivity index (χ4v) is 2.36. The normalized spacial score (nSPS) is 10.8. The molecule has 0 aliphatic heterocycles. The van der Waals surface area contributed by atoms with Crippen molar-refractivity contribution in [1.82, 2.24) is 4.98 Å². The summed E-state index contributed by atoms with van der Waals surface area (Å²) in [6.07, 6.45) is 1.02. The van der Waals surface area contributed by atoms with Crippen LogP contribution >= 0.6 is 0 Å². The van der Waals surface area contributed by atoms with Gasteiger partial charge in [-0.1, -0.05) is 37.3 Å². The Morgan fingerprint density at radius 1 is 1.05 bits per heavy atom. The number of para-hydroxylation sites is 1. The van der Waals surface area contributed by atoms with Crippen LogP contribution in [-0.2, 0) is 13.0 Å². The van der Waals surface area contributed by atoms with E-state index in [2.05, 4.69) is 24.0 Å². The summed E-state index contributed by atoms with van der Waals surface area (Å²) in [6.45, 7) is 2.60. The van der Waals surface area contributed by atoms with Crippen molar-refractivity contribution in [3.63, 3.8) is 0 Å². The Morgan fingerprint density at radius 2 is 1.81 bits per heavy atom. The van der Waals surface area contributed by atoms with Gasteiger partial charge >= 0.3 is 0 Å². The lowest BCUT2D eigenvalue weighted by atomic mass is 10.1. The number of pyridine rings is 1. The molecule has 0 unspecified atom stereocenters. The lowest BCUT2D eigenvalue weighted by molar-refractivity contribution is 0.464. The highest BCUT2D eigenvalue weighted by Gasteiger charge is 2.06. The Bertz CT molecular complexity index is 751.